The third-order valence-electron chi connectivity index (χ3n) is 6.47. The number of piperidine rings is 1. The van der Waals surface area contributed by atoms with Crippen molar-refractivity contribution in [2.24, 2.45) is 0 Å². The molecule has 4 rings (SSSR count). The van der Waals surface area contributed by atoms with Crippen molar-refractivity contribution in [3.05, 3.63) is 77.9 Å². The Morgan fingerprint density at radius 2 is 1.77 bits per heavy atom. The van der Waals surface area contributed by atoms with E-state index in [1.54, 1.807) is 6.92 Å². The standard InChI is InChI=1S/C24H25F5N4O2/c1-16(23(34,13-33-15-30-14-31-33)21-7-4-18(25)12-22(21)26)32-10-8-20(9-11-32)35-19-5-2-17(3-6-19)24(27,28)29/h2-7,12,14-16,20,34H,8-11,13H2,1H3/t16-,23-/m1/s1. The summed E-state index contributed by atoms with van der Waals surface area (Å²) in [4.78, 5) is 5.85. The first-order chi connectivity index (χ1) is 16.6. The summed E-state index contributed by atoms with van der Waals surface area (Å²) in [6.45, 7) is 2.65. The van der Waals surface area contributed by atoms with Gasteiger partial charge in [-0.3, -0.25) is 4.90 Å². The van der Waals surface area contributed by atoms with Crippen LogP contribution in [0.15, 0.2) is 55.1 Å². The minimum atomic E-state index is -4.41. The molecule has 35 heavy (non-hydrogen) atoms. The molecule has 3 aromatic rings. The maximum Gasteiger partial charge on any atom is 0.416 e. The molecule has 1 aliphatic rings. The average Bonchev–Trinajstić information content (AvgIpc) is 3.31. The predicted molar refractivity (Wildman–Crippen MR) is 116 cm³/mol. The fraction of sp³-hybridized carbons (Fsp3) is 0.417. The molecule has 2 atom stereocenters. The van der Waals surface area contributed by atoms with E-state index in [1.165, 1.54) is 35.5 Å². The first-order valence-corrected chi connectivity index (χ1v) is 11.1. The summed E-state index contributed by atoms with van der Waals surface area (Å²) < 4.78 is 73.8. The molecule has 6 nitrogen and oxygen atoms in total. The van der Waals surface area contributed by atoms with Gasteiger partial charge in [0, 0.05) is 30.8 Å². The number of halogens is 5. The second-order valence-corrected chi connectivity index (χ2v) is 8.69. The highest BCUT2D eigenvalue weighted by Crippen LogP contribution is 2.35. The van der Waals surface area contributed by atoms with Crippen molar-refractivity contribution in [3.8, 4) is 5.75 Å². The number of nitrogens with zero attached hydrogens (tertiary/aromatic N) is 4. The Morgan fingerprint density at radius 1 is 1.09 bits per heavy atom. The van der Waals surface area contributed by atoms with E-state index in [1.807, 2.05) is 4.90 Å². The van der Waals surface area contributed by atoms with Crippen LogP contribution in [0.25, 0.3) is 0 Å². The van der Waals surface area contributed by atoms with E-state index in [0.29, 0.717) is 31.7 Å². The second-order valence-electron chi connectivity index (χ2n) is 8.69. The van der Waals surface area contributed by atoms with Gasteiger partial charge in [-0.05, 0) is 50.1 Å². The summed E-state index contributed by atoms with van der Waals surface area (Å²) >= 11 is 0. The Morgan fingerprint density at radius 3 is 2.34 bits per heavy atom. The molecule has 11 heteroatoms. The van der Waals surface area contributed by atoms with E-state index in [-0.39, 0.29) is 18.2 Å². The van der Waals surface area contributed by atoms with Gasteiger partial charge in [-0.2, -0.15) is 18.3 Å². The minimum absolute atomic E-state index is 0.0509. The van der Waals surface area contributed by atoms with Crippen molar-refractivity contribution in [1.29, 1.82) is 0 Å². The molecular formula is C24H25F5N4O2. The summed E-state index contributed by atoms with van der Waals surface area (Å²) in [5.74, 6) is -1.26. The first-order valence-electron chi connectivity index (χ1n) is 11.1. The molecule has 0 saturated carbocycles. The van der Waals surface area contributed by atoms with Gasteiger partial charge in [0.1, 0.15) is 41.7 Å². The van der Waals surface area contributed by atoms with Gasteiger partial charge in [0.2, 0.25) is 0 Å². The van der Waals surface area contributed by atoms with E-state index in [0.717, 1.165) is 24.3 Å². The lowest BCUT2D eigenvalue weighted by Crippen LogP contribution is -2.54. The lowest BCUT2D eigenvalue weighted by molar-refractivity contribution is -0.137. The summed E-state index contributed by atoms with van der Waals surface area (Å²) in [6, 6.07) is 7.04. The molecule has 0 amide bonds. The van der Waals surface area contributed by atoms with Crippen molar-refractivity contribution < 1.29 is 31.8 Å². The number of aromatic nitrogens is 3. The quantitative estimate of drug-likeness (QED) is 0.492. The highest BCUT2D eigenvalue weighted by molar-refractivity contribution is 5.29. The number of aliphatic hydroxyl groups is 1. The van der Waals surface area contributed by atoms with Gasteiger partial charge in [0.05, 0.1) is 12.1 Å². The number of hydrogen-bond donors (Lipinski definition) is 1. The summed E-state index contributed by atoms with van der Waals surface area (Å²) in [5, 5.41) is 15.7. The van der Waals surface area contributed by atoms with Crippen molar-refractivity contribution in [1.82, 2.24) is 19.7 Å². The normalized spacial score (nSPS) is 18.3. The van der Waals surface area contributed by atoms with Crippen LogP contribution in [0, 0.1) is 11.6 Å². The van der Waals surface area contributed by atoms with Gasteiger partial charge in [-0.15, -0.1) is 0 Å². The highest BCUT2D eigenvalue weighted by atomic mass is 19.4. The van der Waals surface area contributed by atoms with Gasteiger partial charge in [-0.25, -0.2) is 18.4 Å². The summed E-state index contributed by atoms with van der Waals surface area (Å²) in [7, 11) is 0. The Labute approximate surface area is 199 Å². The van der Waals surface area contributed by atoms with Gasteiger partial charge in [-0.1, -0.05) is 6.07 Å². The topological polar surface area (TPSA) is 63.4 Å². The molecule has 0 radical (unpaired) electrons. The van der Waals surface area contributed by atoms with Crippen LogP contribution in [0.4, 0.5) is 22.0 Å². The maximum absolute atomic E-state index is 14.8. The molecule has 2 aromatic carbocycles. The molecule has 0 aliphatic carbocycles. The monoisotopic (exact) mass is 496 g/mol. The number of ether oxygens (including phenoxy) is 1. The van der Waals surface area contributed by atoms with Gasteiger partial charge < -0.3 is 9.84 Å². The molecule has 1 saturated heterocycles. The molecule has 0 spiro atoms. The number of rotatable bonds is 7. The lowest BCUT2D eigenvalue weighted by atomic mass is 9.84. The van der Waals surface area contributed by atoms with Crippen LogP contribution >= 0.6 is 0 Å². The Hall–Kier alpha value is -3.05. The zero-order chi connectivity index (χ0) is 25.2. The first kappa shape index (κ1) is 25.1. The van der Waals surface area contributed by atoms with Crippen molar-refractivity contribution in [3.63, 3.8) is 0 Å². The summed E-state index contributed by atoms with van der Waals surface area (Å²) in [6.07, 6.45) is -0.819. The van der Waals surface area contributed by atoms with Crippen LogP contribution in [-0.2, 0) is 18.3 Å². The van der Waals surface area contributed by atoms with E-state index < -0.39 is 35.0 Å². The van der Waals surface area contributed by atoms with Crippen molar-refractivity contribution in [2.45, 2.75) is 50.2 Å². The predicted octanol–water partition coefficient (Wildman–Crippen LogP) is 4.39. The average molecular weight is 496 g/mol. The van der Waals surface area contributed by atoms with Crippen molar-refractivity contribution >= 4 is 0 Å². The van der Waals surface area contributed by atoms with Crippen LogP contribution in [0.1, 0.15) is 30.9 Å². The molecule has 2 heterocycles. The Bertz CT molecular complexity index is 1120. The van der Waals surface area contributed by atoms with Crippen molar-refractivity contribution in [2.75, 3.05) is 13.1 Å². The largest absolute Gasteiger partial charge is 0.490 e. The van der Waals surface area contributed by atoms with Gasteiger partial charge >= 0.3 is 6.18 Å². The zero-order valence-electron chi connectivity index (χ0n) is 18.9. The smallest absolute Gasteiger partial charge is 0.416 e. The van der Waals surface area contributed by atoms with Gasteiger partial charge in [0.25, 0.3) is 0 Å². The fourth-order valence-corrected chi connectivity index (χ4v) is 4.44. The minimum Gasteiger partial charge on any atom is -0.490 e. The fourth-order valence-electron chi connectivity index (χ4n) is 4.44. The van der Waals surface area contributed by atoms with Gasteiger partial charge in [0.15, 0.2) is 0 Å². The molecule has 0 bridgehead atoms. The molecule has 0 unspecified atom stereocenters. The SMILES string of the molecule is C[C@@H](N1CCC(Oc2ccc(C(F)(F)F)cc2)CC1)[C@](O)(Cn1cncn1)c1ccc(F)cc1F. The third-order valence-corrected chi connectivity index (χ3v) is 6.47. The number of hydrogen-bond acceptors (Lipinski definition) is 5. The second kappa shape index (κ2) is 9.90. The number of likely N-dealkylation sites (tertiary alicyclic amines) is 1. The molecule has 1 aliphatic heterocycles. The number of benzene rings is 2. The zero-order valence-corrected chi connectivity index (χ0v) is 18.9. The van der Waals surface area contributed by atoms with Crippen LogP contribution < -0.4 is 4.74 Å². The molecule has 188 valence electrons. The Kier molecular flexibility index (Phi) is 7.09. The van der Waals surface area contributed by atoms with E-state index >= 15 is 0 Å². The Balaban J connectivity index is 1.46. The molecule has 1 fully saturated rings. The molecular weight excluding hydrogens is 471 g/mol. The summed E-state index contributed by atoms with van der Waals surface area (Å²) in [5.41, 5.74) is -2.54. The number of alkyl halides is 3. The lowest BCUT2D eigenvalue weighted by Gasteiger charge is -2.44. The van der Waals surface area contributed by atoms with Crippen LogP contribution in [-0.4, -0.2) is 50.0 Å². The van der Waals surface area contributed by atoms with Crippen LogP contribution in [0.3, 0.4) is 0 Å². The van der Waals surface area contributed by atoms with E-state index in [2.05, 4.69) is 10.1 Å². The maximum atomic E-state index is 14.8. The van der Waals surface area contributed by atoms with Crippen LogP contribution in [0.2, 0.25) is 0 Å². The van der Waals surface area contributed by atoms with E-state index in [4.69, 9.17) is 4.74 Å². The molecule has 1 aromatic heterocycles. The molecule has 1 N–H and O–H groups in total. The third kappa shape index (κ3) is 5.62. The highest BCUT2D eigenvalue weighted by Gasteiger charge is 2.43. The van der Waals surface area contributed by atoms with E-state index in [9.17, 15) is 27.1 Å². The van der Waals surface area contributed by atoms with Crippen LogP contribution in [0.5, 0.6) is 5.75 Å².